The lowest BCUT2D eigenvalue weighted by molar-refractivity contribution is 0.317. The van der Waals surface area contributed by atoms with E-state index in [0.717, 1.165) is 10.9 Å². The first kappa shape index (κ1) is 18.8. The van der Waals surface area contributed by atoms with Crippen molar-refractivity contribution in [3.8, 4) is 5.75 Å². The molecule has 2 aromatic carbocycles. The van der Waals surface area contributed by atoms with E-state index in [2.05, 4.69) is 25.9 Å². The molecule has 0 saturated heterocycles. The molecule has 0 amide bonds. The fourth-order valence-corrected chi connectivity index (χ4v) is 3.09. The Morgan fingerprint density at radius 3 is 2.62 bits per heavy atom. The molecule has 0 atom stereocenters. The van der Waals surface area contributed by atoms with Gasteiger partial charge in [0, 0.05) is 15.1 Å². The van der Waals surface area contributed by atoms with Crippen molar-refractivity contribution >= 4 is 43.8 Å². The number of hydrogen-bond acceptors (Lipinski definition) is 4. The Bertz CT molecular complexity index is 824. The van der Waals surface area contributed by atoms with E-state index >= 15 is 0 Å². The molecule has 0 bridgehead atoms. The number of nitrogens with one attached hydrogen (secondary N) is 1. The minimum Gasteiger partial charge on any atom is -0.493 e. The Morgan fingerprint density at radius 2 is 1.96 bits per heavy atom. The van der Waals surface area contributed by atoms with Crippen molar-refractivity contribution < 1.29 is 13.2 Å². The molecule has 0 saturated carbocycles. The van der Waals surface area contributed by atoms with Crippen molar-refractivity contribution in [2.45, 2.75) is 18.2 Å². The molecule has 2 aromatic rings. The van der Waals surface area contributed by atoms with Crippen LogP contribution in [0.5, 0.6) is 5.75 Å². The molecular formula is C16H16BrClN2O3S. The zero-order chi connectivity index (χ0) is 17.6. The monoisotopic (exact) mass is 430 g/mol. The second-order valence-corrected chi connectivity index (χ2v) is 7.85. The van der Waals surface area contributed by atoms with Crippen molar-refractivity contribution in [3.05, 3.63) is 57.5 Å². The summed E-state index contributed by atoms with van der Waals surface area (Å²) in [4.78, 5) is 2.26. The van der Waals surface area contributed by atoms with Gasteiger partial charge in [-0.25, -0.2) is 4.83 Å². The standard InChI is InChI=1S/C16H16BrClN2O3S/c1-2-9-23-16-8-3-13(17)10-12(16)11-19-20-24(21,22)15-6-4-14(18)5-7-15/h3-8,10-11,20H,2,9H2,1H3. The van der Waals surface area contributed by atoms with E-state index in [9.17, 15) is 8.42 Å². The zero-order valence-electron chi connectivity index (χ0n) is 12.9. The fourth-order valence-electron chi connectivity index (χ4n) is 1.80. The highest BCUT2D eigenvalue weighted by molar-refractivity contribution is 9.10. The van der Waals surface area contributed by atoms with Crippen LogP contribution in [0.15, 0.2) is 56.9 Å². The second kappa shape index (κ2) is 8.50. The summed E-state index contributed by atoms with van der Waals surface area (Å²) in [6, 6.07) is 11.3. The van der Waals surface area contributed by atoms with Crippen LogP contribution < -0.4 is 9.57 Å². The van der Waals surface area contributed by atoms with Gasteiger partial charge in [-0.2, -0.15) is 13.5 Å². The van der Waals surface area contributed by atoms with Crippen LogP contribution in [0.4, 0.5) is 0 Å². The molecule has 128 valence electrons. The van der Waals surface area contributed by atoms with Crippen molar-refractivity contribution in [2.75, 3.05) is 6.61 Å². The van der Waals surface area contributed by atoms with Crippen molar-refractivity contribution in [1.29, 1.82) is 0 Å². The van der Waals surface area contributed by atoms with Crippen LogP contribution in [0.3, 0.4) is 0 Å². The molecule has 24 heavy (non-hydrogen) atoms. The lowest BCUT2D eigenvalue weighted by atomic mass is 10.2. The van der Waals surface area contributed by atoms with Gasteiger partial charge in [-0.05, 0) is 48.9 Å². The maximum absolute atomic E-state index is 12.1. The van der Waals surface area contributed by atoms with Crippen LogP contribution in [0.2, 0.25) is 5.02 Å². The highest BCUT2D eigenvalue weighted by Crippen LogP contribution is 2.22. The molecule has 0 heterocycles. The minimum atomic E-state index is -3.75. The Morgan fingerprint density at radius 1 is 1.25 bits per heavy atom. The van der Waals surface area contributed by atoms with Crippen molar-refractivity contribution in [2.24, 2.45) is 5.10 Å². The quantitative estimate of drug-likeness (QED) is 0.527. The smallest absolute Gasteiger partial charge is 0.276 e. The first-order valence-electron chi connectivity index (χ1n) is 7.15. The van der Waals surface area contributed by atoms with Gasteiger partial charge < -0.3 is 4.74 Å². The van der Waals surface area contributed by atoms with Crippen LogP contribution in [-0.2, 0) is 10.0 Å². The number of rotatable bonds is 7. The molecule has 5 nitrogen and oxygen atoms in total. The molecule has 0 spiro atoms. The van der Waals surface area contributed by atoms with Crippen LogP contribution in [0, 0.1) is 0 Å². The molecule has 0 fully saturated rings. The number of ether oxygens (including phenoxy) is 1. The molecule has 0 radical (unpaired) electrons. The molecule has 0 aliphatic heterocycles. The summed E-state index contributed by atoms with van der Waals surface area (Å²) in [7, 11) is -3.75. The Hall–Kier alpha value is -1.57. The van der Waals surface area contributed by atoms with Gasteiger partial charge >= 0.3 is 0 Å². The van der Waals surface area contributed by atoms with Gasteiger partial charge in [0.25, 0.3) is 10.0 Å². The third-order valence-corrected chi connectivity index (χ3v) is 4.92. The summed E-state index contributed by atoms with van der Waals surface area (Å²) in [5, 5.41) is 4.29. The van der Waals surface area contributed by atoms with E-state index < -0.39 is 10.0 Å². The molecule has 1 N–H and O–H groups in total. The molecule has 0 unspecified atom stereocenters. The topological polar surface area (TPSA) is 67.8 Å². The number of hydrazone groups is 1. The predicted octanol–water partition coefficient (Wildman–Crippen LogP) is 4.20. The zero-order valence-corrected chi connectivity index (χ0v) is 16.0. The number of sulfonamides is 1. The lowest BCUT2D eigenvalue weighted by Crippen LogP contribution is -2.18. The number of hydrogen-bond donors (Lipinski definition) is 1. The first-order valence-corrected chi connectivity index (χ1v) is 9.80. The first-order chi connectivity index (χ1) is 11.4. The average Bonchev–Trinajstić information content (AvgIpc) is 2.54. The van der Waals surface area contributed by atoms with E-state index in [0.29, 0.717) is 22.9 Å². The summed E-state index contributed by atoms with van der Waals surface area (Å²) >= 11 is 9.13. The van der Waals surface area contributed by atoms with Crippen LogP contribution in [0.1, 0.15) is 18.9 Å². The molecule has 8 heteroatoms. The molecule has 0 aromatic heterocycles. The van der Waals surface area contributed by atoms with Crippen molar-refractivity contribution in [1.82, 2.24) is 4.83 Å². The van der Waals surface area contributed by atoms with Gasteiger partial charge in [0.2, 0.25) is 0 Å². The average molecular weight is 432 g/mol. The predicted molar refractivity (Wildman–Crippen MR) is 99.3 cm³/mol. The Labute approximate surface area is 154 Å². The SMILES string of the molecule is CCCOc1ccc(Br)cc1C=NNS(=O)(=O)c1ccc(Cl)cc1. The maximum atomic E-state index is 12.1. The number of nitrogens with zero attached hydrogens (tertiary/aromatic N) is 1. The molecule has 0 aliphatic carbocycles. The summed E-state index contributed by atoms with van der Waals surface area (Å²) in [6.45, 7) is 2.58. The maximum Gasteiger partial charge on any atom is 0.276 e. The fraction of sp³-hybridized carbons (Fsp3) is 0.188. The lowest BCUT2D eigenvalue weighted by Gasteiger charge is -2.08. The van der Waals surface area contributed by atoms with Gasteiger partial charge in [0.15, 0.2) is 0 Å². The van der Waals surface area contributed by atoms with Crippen molar-refractivity contribution in [3.63, 3.8) is 0 Å². The van der Waals surface area contributed by atoms with Gasteiger partial charge in [0.1, 0.15) is 5.75 Å². The summed E-state index contributed by atoms with van der Waals surface area (Å²) < 4.78 is 30.8. The third-order valence-electron chi connectivity index (χ3n) is 2.93. The van der Waals surface area contributed by atoms with E-state index in [1.54, 1.807) is 12.1 Å². The van der Waals surface area contributed by atoms with Gasteiger partial charge in [-0.15, -0.1) is 0 Å². The van der Waals surface area contributed by atoms with Gasteiger partial charge in [-0.1, -0.05) is 34.5 Å². The minimum absolute atomic E-state index is 0.0840. The third kappa shape index (κ3) is 5.22. The Balaban J connectivity index is 2.16. The van der Waals surface area contributed by atoms with Gasteiger partial charge in [0.05, 0.1) is 17.7 Å². The molecule has 2 rings (SSSR count). The number of benzene rings is 2. The summed E-state index contributed by atoms with van der Waals surface area (Å²) in [5.41, 5.74) is 0.664. The van der Waals surface area contributed by atoms with E-state index in [4.69, 9.17) is 16.3 Å². The highest BCUT2D eigenvalue weighted by atomic mass is 79.9. The molecule has 0 aliphatic rings. The summed E-state index contributed by atoms with van der Waals surface area (Å²) in [5.74, 6) is 0.634. The van der Waals surface area contributed by atoms with E-state index in [1.807, 2.05) is 13.0 Å². The van der Waals surface area contributed by atoms with E-state index in [1.165, 1.54) is 30.5 Å². The summed E-state index contributed by atoms with van der Waals surface area (Å²) in [6.07, 6.45) is 2.28. The van der Waals surface area contributed by atoms with Crippen LogP contribution >= 0.6 is 27.5 Å². The normalized spacial score (nSPS) is 11.6. The van der Waals surface area contributed by atoms with E-state index in [-0.39, 0.29) is 4.90 Å². The van der Waals surface area contributed by atoms with Crippen LogP contribution in [0.25, 0.3) is 0 Å². The highest BCUT2D eigenvalue weighted by Gasteiger charge is 2.12. The van der Waals surface area contributed by atoms with Crippen LogP contribution in [-0.4, -0.2) is 21.2 Å². The largest absolute Gasteiger partial charge is 0.493 e. The number of halogens is 2. The van der Waals surface area contributed by atoms with Gasteiger partial charge in [-0.3, -0.25) is 0 Å². The molecular weight excluding hydrogens is 416 g/mol. The second-order valence-electron chi connectivity index (χ2n) is 4.84. The Kier molecular flexibility index (Phi) is 6.65.